The minimum atomic E-state index is -0.726. The van der Waals surface area contributed by atoms with Crippen LogP contribution in [0.2, 0.25) is 0 Å². The molecule has 1 aromatic carbocycles. The molecule has 1 saturated carbocycles. The molecule has 1 aliphatic rings. The van der Waals surface area contributed by atoms with Crippen LogP contribution in [0.3, 0.4) is 0 Å². The number of hydrogen-bond donors (Lipinski definition) is 0. The number of para-hydroxylation sites is 1. The van der Waals surface area contributed by atoms with Crippen LogP contribution in [0.4, 0.5) is 9.59 Å². The van der Waals surface area contributed by atoms with Crippen LogP contribution in [0.1, 0.15) is 67.2 Å². The number of hydrogen-bond acceptors (Lipinski definition) is 7. The van der Waals surface area contributed by atoms with Gasteiger partial charge < -0.3 is 18.9 Å². The van der Waals surface area contributed by atoms with E-state index in [1.165, 1.54) is 0 Å². The van der Waals surface area contributed by atoms with Crippen molar-refractivity contribution >= 4 is 52.2 Å². The minimum absolute atomic E-state index is 0.0636. The number of carbonyl (C=O) groups is 2. The molecule has 0 saturated heterocycles. The van der Waals surface area contributed by atoms with Gasteiger partial charge in [-0.05, 0) is 102 Å². The first-order valence-electron chi connectivity index (χ1n) is 10.6. The van der Waals surface area contributed by atoms with Gasteiger partial charge in [-0.25, -0.2) is 14.5 Å². The number of benzene rings is 1. The van der Waals surface area contributed by atoms with E-state index in [-0.39, 0.29) is 17.4 Å². The zero-order valence-electron chi connectivity index (χ0n) is 19.5. The van der Waals surface area contributed by atoms with Crippen molar-refractivity contribution in [3.05, 3.63) is 27.8 Å². The largest absolute Gasteiger partial charge is 0.453 e. The number of ether oxygens (including phenoxy) is 4. The van der Waals surface area contributed by atoms with Gasteiger partial charge in [0.2, 0.25) is 0 Å². The molecule has 1 fully saturated rings. The number of rotatable bonds is 3. The fourth-order valence-electron chi connectivity index (χ4n) is 3.19. The quantitative estimate of drug-likeness (QED) is 0.302. The Bertz CT molecular complexity index is 797. The van der Waals surface area contributed by atoms with E-state index in [1.807, 2.05) is 24.3 Å². The van der Waals surface area contributed by atoms with Crippen LogP contribution in [0.5, 0.6) is 5.75 Å². The lowest BCUT2D eigenvalue weighted by atomic mass is 9.92. The second kappa shape index (κ2) is 11.0. The summed E-state index contributed by atoms with van der Waals surface area (Å²) in [4.78, 5) is 26.7. The summed E-state index contributed by atoms with van der Waals surface area (Å²) < 4.78 is 23.3. The predicted molar refractivity (Wildman–Crippen MR) is 134 cm³/mol. The summed E-state index contributed by atoms with van der Waals surface area (Å²) in [5.74, 6) is 0.646. The first-order chi connectivity index (χ1) is 14.7. The van der Waals surface area contributed by atoms with E-state index in [0.29, 0.717) is 31.4 Å². The third kappa shape index (κ3) is 8.73. The standard InChI is InChI=1S/C23H32INO6S/c1-22(2,3)30-19(26)25(20(27)31-23(4,5)6)15-11-13-16(14-12-15)28-21(32)29-18-10-8-7-9-17(18)24/h7-10,15-16H,11-14H2,1-6H3. The fraction of sp³-hybridized carbons (Fsp3) is 0.609. The zero-order chi connectivity index (χ0) is 24.1. The zero-order valence-corrected chi connectivity index (χ0v) is 22.4. The van der Waals surface area contributed by atoms with E-state index in [9.17, 15) is 9.59 Å². The molecule has 2 amide bonds. The third-order valence-electron chi connectivity index (χ3n) is 4.48. The number of carbonyl (C=O) groups excluding carboxylic acids is 2. The van der Waals surface area contributed by atoms with Gasteiger partial charge in [-0.1, -0.05) is 12.1 Å². The Kier molecular flexibility index (Phi) is 9.15. The van der Waals surface area contributed by atoms with Gasteiger partial charge in [-0.3, -0.25) is 0 Å². The second-order valence-corrected chi connectivity index (χ2v) is 11.2. The lowest BCUT2D eigenvalue weighted by molar-refractivity contribution is -0.0156. The molecule has 1 aliphatic carbocycles. The maximum atomic E-state index is 12.8. The molecule has 178 valence electrons. The van der Waals surface area contributed by atoms with Gasteiger partial charge in [0.15, 0.2) is 0 Å². The van der Waals surface area contributed by atoms with Gasteiger partial charge in [0, 0.05) is 18.3 Å². The van der Waals surface area contributed by atoms with E-state index in [1.54, 1.807) is 41.5 Å². The summed E-state index contributed by atoms with van der Waals surface area (Å²) in [7, 11) is 0. The molecule has 2 rings (SSSR count). The van der Waals surface area contributed by atoms with Crippen molar-refractivity contribution in [3.63, 3.8) is 0 Å². The molecule has 0 spiro atoms. The van der Waals surface area contributed by atoms with E-state index >= 15 is 0 Å². The molecule has 0 atom stereocenters. The van der Waals surface area contributed by atoms with Gasteiger partial charge in [0.1, 0.15) is 23.1 Å². The Morgan fingerprint density at radius 1 is 0.938 bits per heavy atom. The molecular weight excluding hydrogens is 545 g/mol. The molecule has 1 aromatic rings. The molecular formula is C23H32INO6S. The highest BCUT2D eigenvalue weighted by atomic mass is 127. The average Bonchev–Trinajstić information content (AvgIpc) is 2.62. The number of halogens is 1. The molecule has 0 heterocycles. The van der Waals surface area contributed by atoms with Gasteiger partial charge >= 0.3 is 17.4 Å². The lowest BCUT2D eigenvalue weighted by Crippen LogP contribution is -2.50. The number of amides is 2. The molecule has 7 nitrogen and oxygen atoms in total. The van der Waals surface area contributed by atoms with Gasteiger partial charge in [0.05, 0.1) is 3.57 Å². The first kappa shape index (κ1) is 26.6. The highest BCUT2D eigenvalue weighted by Gasteiger charge is 2.39. The second-order valence-electron chi connectivity index (χ2n) is 9.66. The first-order valence-corrected chi connectivity index (χ1v) is 12.1. The molecule has 9 heteroatoms. The number of nitrogens with zero attached hydrogens (tertiary/aromatic N) is 1. The molecule has 0 unspecified atom stereocenters. The summed E-state index contributed by atoms with van der Waals surface area (Å²) in [5.41, 5.74) is -1.45. The van der Waals surface area contributed by atoms with Crippen molar-refractivity contribution in [2.24, 2.45) is 0 Å². The molecule has 32 heavy (non-hydrogen) atoms. The minimum Gasteiger partial charge on any atom is -0.453 e. The average molecular weight is 577 g/mol. The predicted octanol–water partition coefficient (Wildman–Crippen LogP) is 6.45. The summed E-state index contributed by atoms with van der Waals surface area (Å²) in [6.07, 6.45) is 0.773. The maximum Gasteiger partial charge on any atom is 0.420 e. The Hall–Kier alpha value is -1.62. The van der Waals surface area contributed by atoms with Crippen LogP contribution in [-0.2, 0) is 14.2 Å². The topological polar surface area (TPSA) is 74.3 Å². The Morgan fingerprint density at radius 2 is 1.44 bits per heavy atom. The van der Waals surface area contributed by atoms with E-state index in [4.69, 9.17) is 31.2 Å². The van der Waals surface area contributed by atoms with Gasteiger partial charge in [0.25, 0.3) is 0 Å². The summed E-state index contributed by atoms with van der Waals surface area (Å²) in [6.45, 7) is 10.6. The van der Waals surface area contributed by atoms with Crippen LogP contribution < -0.4 is 4.74 Å². The summed E-state index contributed by atoms with van der Waals surface area (Å²) in [6, 6.07) is 7.19. The normalized spacial score (nSPS) is 19.0. The van der Waals surface area contributed by atoms with Crippen LogP contribution in [0.15, 0.2) is 24.3 Å². The number of imide groups is 1. The molecule has 0 aromatic heterocycles. The Morgan fingerprint density at radius 3 is 1.91 bits per heavy atom. The van der Waals surface area contributed by atoms with Crippen molar-refractivity contribution in [1.29, 1.82) is 0 Å². The lowest BCUT2D eigenvalue weighted by Gasteiger charge is -2.36. The van der Waals surface area contributed by atoms with Crippen LogP contribution >= 0.6 is 34.8 Å². The van der Waals surface area contributed by atoms with E-state index < -0.39 is 23.4 Å². The van der Waals surface area contributed by atoms with Gasteiger partial charge in [-0.2, -0.15) is 0 Å². The fourth-order valence-corrected chi connectivity index (χ4v) is 3.92. The molecule has 0 radical (unpaired) electrons. The third-order valence-corrected chi connectivity index (χ3v) is 5.55. The van der Waals surface area contributed by atoms with Crippen molar-refractivity contribution in [2.45, 2.75) is 90.6 Å². The Balaban J connectivity index is 1.99. The molecule has 0 bridgehead atoms. The van der Waals surface area contributed by atoms with Crippen LogP contribution in [0.25, 0.3) is 0 Å². The summed E-state index contributed by atoms with van der Waals surface area (Å²) in [5, 5.41) is 0.0636. The van der Waals surface area contributed by atoms with E-state index in [0.717, 1.165) is 8.47 Å². The van der Waals surface area contributed by atoms with Crippen LogP contribution in [0, 0.1) is 3.57 Å². The van der Waals surface area contributed by atoms with Gasteiger partial charge in [-0.15, -0.1) is 0 Å². The SMILES string of the molecule is CC(C)(C)OC(=O)N(C(=O)OC(C)(C)C)C1CCC(OC(=S)Oc2ccccc2I)CC1. The van der Waals surface area contributed by atoms with Crippen molar-refractivity contribution < 1.29 is 28.5 Å². The molecule has 0 N–H and O–H groups in total. The smallest absolute Gasteiger partial charge is 0.420 e. The number of thiocarbonyl (C=S) groups is 1. The van der Waals surface area contributed by atoms with Crippen molar-refractivity contribution in [1.82, 2.24) is 4.90 Å². The van der Waals surface area contributed by atoms with Crippen LogP contribution in [-0.4, -0.2) is 45.7 Å². The molecule has 0 aliphatic heterocycles. The highest BCUT2D eigenvalue weighted by molar-refractivity contribution is 14.1. The maximum absolute atomic E-state index is 12.8. The monoisotopic (exact) mass is 577 g/mol. The van der Waals surface area contributed by atoms with Crippen molar-refractivity contribution in [3.8, 4) is 5.75 Å². The van der Waals surface area contributed by atoms with E-state index in [2.05, 4.69) is 22.6 Å². The summed E-state index contributed by atoms with van der Waals surface area (Å²) >= 11 is 7.42. The van der Waals surface area contributed by atoms with Crippen molar-refractivity contribution in [2.75, 3.05) is 0 Å². The Labute approximate surface area is 209 Å². The highest BCUT2D eigenvalue weighted by Crippen LogP contribution is 2.29.